The van der Waals surface area contributed by atoms with Crippen molar-refractivity contribution in [3.63, 3.8) is 0 Å². The summed E-state index contributed by atoms with van der Waals surface area (Å²) in [5.74, 6) is 3.73. The zero-order valence-corrected chi connectivity index (χ0v) is 9.73. The number of aromatic nitrogens is 2. The molecule has 0 amide bonds. The van der Waals surface area contributed by atoms with Crippen LogP contribution in [-0.2, 0) is 0 Å². The second-order valence-electron chi connectivity index (χ2n) is 3.52. The molecule has 1 heterocycles. The fourth-order valence-corrected chi connectivity index (χ4v) is 1.15. The summed E-state index contributed by atoms with van der Waals surface area (Å²) in [6, 6.07) is 1.90. The third-order valence-corrected chi connectivity index (χ3v) is 1.88. The van der Waals surface area contributed by atoms with Crippen LogP contribution in [0.4, 0.5) is 5.95 Å². The third kappa shape index (κ3) is 4.18. The van der Waals surface area contributed by atoms with Crippen LogP contribution in [-0.4, -0.2) is 22.6 Å². The number of anilines is 1. The van der Waals surface area contributed by atoms with Crippen molar-refractivity contribution in [2.24, 2.45) is 0 Å². The van der Waals surface area contributed by atoms with Crippen molar-refractivity contribution in [2.45, 2.75) is 32.7 Å². The molecule has 0 radical (unpaired) electrons. The minimum atomic E-state index is 0.159. The Labute approximate surface area is 96.5 Å². The van der Waals surface area contributed by atoms with Crippen molar-refractivity contribution in [2.75, 3.05) is 11.9 Å². The van der Waals surface area contributed by atoms with Crippen molar-refractivity contribution in [1.82, 2.24) is 9.97 Å². The van der Waals surface area contributed by atoms with Gasteiger partial charge in [0.05, 0.1) is 6.61 Å². The minimum Gasteiger partial charge on any atom is -0.478 e. The maximum absolute atomic E-state index is 5.41. The number of hydrogen-bond acceptors (Lipinski definition) is 4. The number of rotatable bonds is 6. The maximum Gasteiger partial charge on any atom is 0.226 e. The molecule has 0 saturated heterocycles. The van der Waals surface area contributed by atoms with Gasteiger partial charge in [-0.25, -0.2) is 4.98 Å². The molecule has 1 aromatic heterocycles. The van der Waals surface area contributed by atoms with Crippen LogP contribution in [0.1, 0.15) is 26.7 Å². The lowest BCUT2D eigenvalue weighted by molar-refractivity contribution is 0.305. The lowest BCUT2D eigenvalue weighted by Crippen LogP contribution is -2.16. The molecule has 0 saturated carbocycles. The Kier molecular flexibility index (Phi) is 5.13. The molecular weight excluding hydrogens is 202 g/mol. The van der Waals surface area contributed by atoms with Gasteiger partial charge in [-0.05, 0) is 13.3 Å². The molecule has 16 heavy (non-hydrogen) atoms. The third-order valence-electron chi connectivity index (χ3n) is 1.88. The zero-order valence-electron chi connectivity index (χ0n) is 9.73. The largest absolute Gasteiger partial charge is 0.478 e. The number of terminal acetylenes is 1. The van der Waals surface area contributed by atoms with E-state index < -0.39 is 0 Å². The van der Waals surface area contributed by atoms with Gasteiger partial charge in [-0.1, -0.05) is 6.92 Å². The molecular formula is C12H17N3O. The Morgan fingerprint density at radius 3 is 3.12 bits per heavy atom. The summed E-state index contributed by atoms with van der Waals surface area (Å²) in [4.78, 5) is 8.32. The van der Waals surface area contributed by atoms with E-state index in [4.69, 9.17) is 11.2 Å². The average molecular weight is 219 g/mol. The molecule has 0 aliphatic carbocycles. The van der Waals surface area contributed by atoms with Crippen LogP contribution >= 0.6 is 0 Å². The second kappa shape index (κ2) is 6.67. The molecule has 1 unspecified atom stereocenters. The van der Waals surface area contributed by atoms with Crippen molar-refractivity contribution < 1.29 is 4.74 Å². The van der Waals surface area contributed by atoms with Crippen LogP contribution in [0.5, 0.6) is 5.88 Å². The smallest absolute Gasteiger partial charge is 0.226 e. The van der Waals surface area contributed by atoms with E-state index in [1.165, 1.54) is 0 Å². The minimum absolute atomic E-state index is 0.159. The van der Waals surface area contributed by atoms with Gasteiger partial charge in [-0.2, -0.15) is 4.98 Å². The Bertz CT molecular complexity index is 360. The molecule has 1 N–H and O–H groups in total. The van der Waals surface area contributed by atoms with E-state index in [1.807, 2.05) is 6.92 Å². The summed E-state index contributed by atoms with van der Waals surface area (Å²) in [6.07, 6.45) is 8.49. The molecule has 86 valence electrons. The summed E-state index contributed by atoms with van der Waals surface area (Å²) in [7, 11) is 0. The van der Waals surface area contributed by atoms with Crippen LogP contribution in [0.3, 0.4) is 0 Å². The van der Waals surface area contributed by atoms with Gasteiger partial charge in [-0.15, -0.1) is 12.3 Å². The van der Waals surface area contributed by atoms with Crippen molar-refractivity contribution >= 4 is 5.95 Å². The highest BCUT2D eigenvalue weighted by Crippen LogP contribution is 2.09. The van der Waals surface area contributed by atoms with Crippen LogP contribution in [0.2, 0.25) is 0 Å². The van der Waals surface area contributed by atoms with E-state index in [0.717, 1.165) is 6.42 Å². The van der Waals surface area contributed by atoms with E-state index in [0.29, 0.717) is 24.9 Å². The summed E-state index contributed by atoms with van der Waals surface area (Å²) in [5.41, 5.74) is 0. The van der Waals surface area contributed by atoms with E-state index in [-0.39, 0.29) is 6.04 Å². The van der Waals surface area contributed by atoms with Gasteiger partial charge in [0.1, 0.15) is 0 Å². The Morgan fingerprint density at radius 1 is 1.62 bits per heavy atom. The normalized spacial score (nSPS) is 11.6. The molecule has 4 heteroatoms. The number of nitrogens with zero attached hydrogens (tertiary/aromatic N) is 2. The van der Waals surface area contributed by atoms with E-state index in [2.05, 4.69) is 28.1 Å². The zero-order chi connectivity index (χ0) is 11.8. The fourth-order valence-electron chi connectivity index (χ4n) is 1.15. The quantitative estimate of drug-likeness (QED) is 0.744. The van der Waals surface area contributed by atoms with Gasteiger partial charge in [0.25, 0.3) is 0 Å². The van der Waals surface area contributed by atoms with Gasteiger partial charge in [0.15, 0.2) is 0 Å². The Morgan fingerprint density at radius 2 is 2.44 bits per heavy atom. The van der Waals surface area contributed by atoms with Crippen molar-refractivity contribution in [1.29, 1.82) is 0 Å². The summed E-state index contributed by atoms with van der Waals surface area (Å²) in [6.45, 7) is 4.70. The first-order valence-electron chi connectivity index (χ1n) is 5.42. The van der Waals surface area contributed by atoms with Gasteiger partial charge in [0.2, 0.25) is 11.8 Å². The first-order valence-corrected chi connectivity index (χ1v) is 5.42. The van der Waals surface area contributed by atoms with E-state index >= 15 is 0 Å². The number of ether oxygens (including phenoxy) is 1. The van der Waals surface area contributed by atoms with E-state index in [9.17, 15) is 0 Å². The summed E-state index contributed by atoms with van der Waals surface area (Å²) in [5, 5.41) is 3.11. The van der Waals surface area contributed by atoms with E-state index in [1.54, 1.807) is 12.3 Å². The first kappa shape index (κ1) is 12.3. The average Bonchev–Trinajstić information content (AvgIpc) is 2.27. The van der Waals surface area contributed by atoms with Crippen LogP contribution < -0.4 is 10.1 Å². The summed E-state index contributed by atoms with van der Waals surface area (Å²) >= 11 is 0. The molecule has 0 spiro atoms. The lowest BCUT2D eigenvalue weighted by atomic mass is 10.2. The van der Waals surface area contributed by atoms with Gasteiger partial charge in [-0.3, -0.25) is 0 Å². The van der Waals surface area contributed by atoms with Crippen LogP contribution in [0.15, 0.2) is 12.3 Å². The first-order chi connectivity index (χ1) is 7.76. The highest BCUT2D eigenvalue weighted by molar-refractivity contribution is 5.28. The topological polar surface area (TPSA) is 47.0 Å². The molecule has 1 atom stereocenters. The maximum atomic E-state index is 5.41. The Balaban J connectivity index is 2.57. The molecule has 1 aromatic rings. The second-order valence-corrected chi connectivity index (χ2v) is 3.52. The van der Waals surface area contributed by atoms with Gasteiger partial charge in [0, 0.05) is 24.7 Å². The molecule has 0 aromatic carbocycles. The Hall–Kier alpha value is -1.76. The fraction of sp³-hybridized carbons (Fsp3) is 0.500. The predicted molar refractivity (Wildman–Crippen MR) is 64.4 cm³/mol. The lowest BCUT2D eigenvalue weighted by Gasteiger charge is -2.11. The molecule has 0 fully saturated rings. The highest BCUT2D eigenvalue weighted by atomic mass is 16.5. The standard InChI is InChI=1S/C12H17N3O/c1-4-6-10(3)14-12-13-8-7-11(15-12)16-9-5-2/h1,7-8,10H,5-6,9H2,2-3H3,(H,13,14,15). The molecule has 4 nitrogen and oxygen atoms in total. The molecule has 1 rings (SSSR count). The highest BCUT2D eigenvalue weighted by Gasteiger charge is 2.03. The summed E-state index contributed by atoms with van der Waals surface area (Å²) < 4.78 is 5.41. The SMILES string of the molecule is C#CCC(C)Nc1nccc(OCCC)n1. The van der Waals surface area contributed by atoms with Crippen molar-refractivity contribution in [3.8, 4) is 18.2 Å². The van der Waals surface area contributed by atoms with Crippen LogP contribution in [0.25, 0.3) is 0 Å². The number of nitrogens with one attached hydrogen (secondary N) is 1. The van der Waals surface area contributed by atoms with Crippen molar-refractivity contribution in [3.05, 3.63) is 12.3 Å². The predicted octanol–water partition coefficient (Wildman–Crippen LogP) is 2.09. The monoisotopic (exact) mass is 219 g/mol. The molecule has 0 bridgehead atoms. The number of hydrogen-bond donors (Lipinski definition) is 1. The van der Waals surface area contributed by atoms with Crippen LogP contribution in [0, 0.1) is 12.3 Å². The molecule has 0 aliphatic heterocycles. The van der Waals surface area contributed by atoms with Gasteiger partial charge >= 0.3 is 0 Å². The van der Waals surface area contributed by atoms with Gasteiger partial charge < -0.3 is 10.1 Å². The molecule has 0 aliphatic rings.